The Morgan fingerprint density at radius 2 is 1.83 bits per heavy atom. The summed E-state index contributed by atoms with van der Waals surface area (Å²) in [7, 11) is 1.70. The zero-order valence-electron chi connectivity index (χ0n) is 17.3. The summed E-state index contributed by atoms with van der Waals surface area (Å²) in [6.45, 7) is 3.14. The molecule has 0 bridgehead atoms. The predicted molar refractivity (Wildman–Crippen MR) is 111 cm³/mol. The lowest BCUT2D eigenvalue weighted by Gasteiger charge is -2.38. The summed E-state index contributed by atoms with van der Waals surface area (Å²) in [4.78, 5) is 43.3. The Balaban J connectivity index is 1.42. The molecule has 2 aliphatic heterocycles. The third-order valence-electron chi connectivity index (χ3n) is 6.90. The van der Waals surface area contributed by atoms with Gasteiger partial charge in [0.2, 0.25) is 5.91 Å². The summed E-state index contributed by atoms with van der Waals surface area (Å²) < 4.78 is 0. The van der Waals surface area contributed by atoms with Gasteiger partial charge in [0.1, 0.15) is 12.1 Å². The van der Waals surface area contributed by atoms with Gasteiger partial charge in [0.15, 0.2) is 0 Å². The average Bonchev–Trinajstić information content (AvgIpc) is 2.92. The summed E-state index contributed by atoms with van der Waals surface area (Å²) in [6.07, 6.45) is 6.09. The van der Waals surface area contributed by atoms with Crippen molar-refractivity contribution < 1.29 is 14.4 Å². The van der Waals surface area contributed by atoms with Gasteiger partial charge in [-0.3, -0.25) is 14.5 Å². The molecule has 6 nitrogen and oxygen atoms in total. The van der Waals surface area contributed by atoms with Crippen LogP contribution in [-0.2, 0) is 9.59 Å². The molecule has 1 aromatic rings. The number of hydrogen-bond acceptors (Lipinski definition) is 3. The molecule has 4 rings (SSSR count). The van der Waals surface area contributed by atoms with E-state index in [4.69, 9.17) is 0 Å². The van der Waals surface area contributed by atoms with Gasteiger partial charge < -0.3 is 9.80 Å². The Morgan fingerprint density at radius 3 is 2.45 bits per heavy atom. The van der Waals surface area contributed by atoms with E-state index in [1.807, 2.05) is 18.2 Å². The number of likely N-dealkylation sites (N-methyl/N-ethyl adjacent to an activating group) is 1. The first-order valence-electron chi connectivity index (χ1n) is 10.5. The van der Waals surface area contributed by atoms with E-state index >= 15 is 0 Å². The van der Waals surface area contributed by atoms with Crippen LogP contribution in [0, 0.1) is 5.92 Å². The molecule has 1 saturated carbocycles. The van der Waals surface area contributed by atoms with Gasteiger partial charge in [-0.05, 0) is 49.2 Å². The molecule has 2 heterocycles. The van der Waals surface area contributed by atoms with E-state index < -0.39 is 5.54 Å². The number of amides is 4. The predicted octanol–water partition coefficient (Wildman–Crippen LogP) is 3.15. The van der Waals surface area contributed by atoms with E-state index in [1.54, 1.807) is 16.8 Å². The van der Waals surface area contributed by atoms with Gasteiger partial charge in [0, 0.05) is 20.1 Å². The highest BCUT2D eigenvalue weighted by Gasteiger charge is 2.56. The fourth-order valence-electron chi connectivity index (χ4n) is 4.82. The number of imide groups is 1. The molecular weight excluding hydrogens is 366 g/mol. The van der Waals surface area contributed by atoms with Crippen molar-refractivity contribution in [2.45, 2.75) is 44.6 Å². The lowest BCUT2D eigenvalue weighted by molar-refractivity contribution is -0.140. The third-order valence-corrected chi connectivity index (χ3v) is 6.90. The van der Waals surface area contributed by atoms with Crippen molar-refractivity contribution in [3.8, 4) is 0 Å². The number of carbonyl (C=O) groups is 3. The Hall–Kier alpha value is -2.63. The maximum Gasteiger partial charge on any atom is 0.327 e. The Labute approximate surface area is 172 Å². The normalized spacial score (nSPS) is 27.6. The highest BCUT2D eigenvalue weighted by molar-refractivity contribution is 6.09. The van der Waals surface area contributed by atoms with E-state index in [0.717, 1.165) is 19.3 Å². The fourth-order valence-corrected chi connectivity index (χ4v) is 4.82. The summed E-state index contributed by atoms with van der Waals surface area (Å²) in [5, 5.41) is 0. The second-order valence-corrected chi connectivity index (χ2v) is 8.63. The van der Waals surface area contributed by atoms with Crippen molar-refractivity contribution in [2.24, 2.45) is 5.92 Å². The molecule has 0 aromatic heterocycles. The van der Waals surface area contributed by atoms with Crippen LogP contribution in [0.25, 0.3) is 5.57 Å². The molecule has 3 aliphatic rings. The number of benzene rings is 1. The minimum atomic E-state index is -0.744. The minimum Gasteiger partial charge on any atom is -0.337 e. The molecule has 4 amide bonds. The van der Waals surface area contributed by atoms with Crippen LogP contribution in [0.5, 0.6) is 0 Å². The topological polar surface area (TPSA) is 60.9 Å². The zero-order chi connectivity index (χ0) is 20.6. The van der Waals surface area contributed by atoms with Crippen LogP contribution in [0.15, 0.2) is 36.4 Å². The second-order valence-electron chi connectivity index (χ2n) is 8.63. The number of nitrogens with zero attached hydrogens (tertiary/aromatic N) is 3. The molecule has 0 unspecified atom stereocenters. The summed E-state index contributed by atoms with van der Waals surface area (Å²) in [5.41, 5.74) is 1.67. The van der Waals surface area contributed by atoms with Crippen LogP contribution in [-0.4, -0.2) is 64.8 Å². The van der Waals surface area contributed by atoms with Crippen LogP contribution < -0.4 is 0 Å². The van der Waals surface area contributed by atoms with Gasteiger partial charge in [-0.1, -0.05) is 43.3 Å². The van der Waals surface area contributed by atoms with E-state index in [0.29, 0.717) is 31.8 Å². The van der Waals surface area contributed by atoms with Crippen LogP contribution in [0.2, 0.25) is 0 Å². The number of rotatable bonds is 3. The van der Waals surface area contributed by atoms with Crippen LogP contribution >= 0.6 is 0 Å². The largest absolute Gasteiger partial charge is 0.337 e. The van der Waals surface area contributed by atoms with Gasteiger partial charge in [0.25, 0.3) is 5.91 Å². The molecule has 1 aliphatic carbocycles. The summed E-state index contributed by atoms with van der Waals surface area (Å²) in [6, 6.07) is 9.82. The van der Waals surface area contributed by atoms with Crippen molar-refractivity contribution in [1.82, 2.24) is 14.7 Å². The van der Waals surface area contributed by atoms with Crippen LogP contribution in [0.4, 0.5) is 4.79 Å². The van der Waals surface area contributed by atoms with Crippen molar-refractivity contribution in [3.05, 3.63) is 42.0 Å². The quantitative estimate of drug-likeness (QED) is 0.739. The molecule has 29 heavy (non-hydrogen) atoms. The first kappa shape index (κ1) is 19.7. The maximum absolute atomic E-state index is 13.1. The third kappa shape index (κ3) is 3.45. The smallest absolute Gasteiger partial charge is 0.327 e. The van der Waals surface area contributed by atoms with Gasteiger partial charge >= 0.3 is 6.03 Å². The molecule has 2 fully saturated rings. The zero-order valence-corrected chi connectivity index (χ0v) is 17.3. The number of hydrogen-bond donors (Lipinski definition) is 0. The Morgan fingerprint density at radius 1 is 1.14 bits per heavy atom. The molecule has 0 radical (unpaired) electrons. The molecule has 154 valence electrons. The lowest BCUT2D eigenvalue weighted by atomic mass is 9.76. The second kappa shape index (κ2) is 7.65. The monoisotopic (exact) mass is 395 g/mol. The first-order valence-corrected chi connectivity index (χ1v) is 10.5. The van der Waals surface area contributed by atoms with Gasteiger partial charge in [0.05, 0.1) is 0 Å². The molecule has 1 spiro atoms. The molecular formula is C23H29N3O3. The average molecular weight is 396 g/mol. The summed E-state index contributed by atoms with van der Waals surface area (Å²) in [5.74, 6) is 0.221. The van der Waals surface area contributed by atoms with Crippen LogP contribution in [0.3, 0.4) is 0 Å². The van der Waals surface area contributed by atoms with Crippen molar-refractivity contribution in [1.29, 1.82) is 0 Å². The van der Waals surface area contributed by atoms with Crippen molar-refractivity contribution >= 4 is 23.4 Å². The Bertz CT molecular complexity index is 840. The highest BCUT2D eigenvalue weighted by Crippen LogP contribution is 2.41. The molecule has 0 atom stereocenters. The molecule has 1 aromatic carbocycles. The highest BCUT2D eigenvalue weighted by atomic mass is 16.2. The van der Waals surface area contributed by atoms with E-state index in [1.165, 1.54) is 16.0 Å². The van der Waals surface area contributed by atoms with Gasteiger partial charge in [-0.15, -0.1) is 0 Å². The van der Waals surface area contributed by atoms with E-state index in [2.05, 4.69) is 25.1 Å². The van der Waals surface area contributed by atoms with E-state index in [-0.39, 0.29) is 24.4 Å². The standard InChI is InChI=1S/C23H29N3O3/c1-17-8-12-23(13-9-17)21(28)26(22(29)24(23)2)16-20(27)25-14-10-19(11-15-25)18-6-4-3-5-7-18/h3-7,10,17H,8-9,11-16H2,1-2H3. The SMILES string of the molecule is CC1CCC2(CC1)C(=O)N(CC(=O)N1CC=C(c3ccccc3)CC1)C(=O)N2C. The summed E-state index contributed by atoms with van der Waals surface area (Å²) >= 11 is 0. The van der Waals surface area contributed by atoms with Gasteiger partial charge in [-0.2, -0.15) is 0 Å². The lowest BCUT2D eigenvalue weighted by Crippen LogP contribution is -2.50. The fraction of sp³-hybridized carbons (Fsp3) is 0.522. The first-order chi connectivity index (χ1) is 13.9. The Kier molecular flexibility index (Phi) is 5.19. The minimum absolute atomic E-state index is 0.159. The molecule has 6 heteroatoms. The number of urea groups is 1. The van der Waals surface area contributed by atoms with Crippen molar-refractivity contribution in [3.63, 3.8) is 0 Å². The maximum atomic E-state index is 13.1. The molecule has 0 N–H and O–H groups in total. The number of carbonyl (C=O) groups excluding carboxylic acids is 3. The van der Waals surface area contributed by atoms with Crippen molar-refractivity contribution in [2.75, 3.05) is 26.7 Å². The van der Waals surface area contributed by atoms with E-state index in [9.17, 15) is 14.4 Å². The van der Waals surface area contributed by atoms with Gasteiger partial charge in [-0.25, -0.2) is 4.79 Å². The molecule has 1 saturated heterocycles. The van der Waals surface area contributed by atoms with Crippen LogP contribution in [0.1, 0.15) is 44.6 Å².